The highest BCUT2D eigenvalue weighted by Crippen LogP contribution is 2.32. The van der Waals surface area contributed by atoms with Crippen molar-refractivity contribution < 1.29 is 13.2 Å². The number of thiazole rings is 1. The van der Waals surface area contributed by atoms with E-state index in [2.05, 4.69) is 4.98 Å². The fourth-order valence-electron chi connectivity index (χ4n) is 3.53. The van der Waals surface area contributed by atoms with Crippen LogP contribution in [0.25, 0.3) is 10.2 Å². The quantitative estimate of drug-likeness (QED) is 0.540. The maximum Gasteiger partial charge on any atom is 0.244 e. The number of anilines is 1. The van der Waals surface area contributed by atoms with E-state index in [1.54, 1.807) is 18.0 Å². The van der Waals surface area contributed by atoms with Crippen LogP contribution in [0.3, 0.4) is 0 Å². The van der Waals surface area contributed by atoms with Gasteiger partial charge in [-0.2, -0.15) is 4.31 Å². The molecule has 0 unspecified atom stereocenters. The number of amides is 1. The molecule has 6 nitrogen and oxygen atoms in total. The fraction of sp³-hybridized carbons (Fsp3) is 0.300. The van der Waals surface area contributed by atoms with Gasteiger partial charge >= 0.3 is 0 Å². The van der Waals surface area contributed by atoms with Gasteiger partial charge in [-0.1, -0.05) is 46.7 Å². The number of nitrogens with zero attached hydrogens (tertiary/aromatic N) is 3. The van der Waals surface area contributed by atoms with Crippen LogP contribution in [0.4, 0.5) is 5.13 Å². The Balaban J connectivity index is 1.46. The van der Waals surface area contributed by atoms with Gasteiger partial charge in [0.2, 0.25) is 15.9 Å². The van der Waals surface area contributed by atoms with Crippen molar-refractivity contribution in [3.63, 3.8) is 0 Å². The second-order valence-electron chi connectivity index (χ2n) is 7.11. The molecule has 1 fully saturated rings. The zero-order valence-corrected chi connectivity index (χ0v) is 19.2. The van der Waals surface area contributed by atoms with E-state index in [4.69, 9.17) is 23.2 Å². The third-order valence-corrected chi connectivity index (χ3v) is 8.94. The summed E-state index contributed by atoms with van der Waals surface area (Å²) in [5.41, 5.74) is 0.858. The molecule has 2 heterocycles. The number of hydrogen-bond acceptors (Lipinski definition) is 5. The van der Waals surface area contributed by atoms with Crippen molar-refractivity contribution in [3.05, 3.63) is 52.5 Å². The molecular weight excluding hydrogens is 465 g/mol. The summed E-state index contributed by atoms with van der Waals surface area (Å²) in [7, 11) is -2.06. The molecule has 0 atom stereocenters. The van der Waals surface area contributed by atoms with Gasteiger partial charge in [0.25, 0.3) is 0 Å². The van der Waals surface area contributed by atoms with Crippen molar-refractivity contribution in [3.8, 4) is 0 Å². The van der Waals surface area contributed by atoms with E-state index in [0.29, 0.717) is 23.0 Å². The molecule has 1 aliphatic rings. The van der Waals surface area contributed by atoms with E-state index in [1.165, 1.54) is 27.8 Å². The van der Waals surface area contributed by atoms with Crippen LogP contribution in [0.2, 0.25) is 10.0 Å². The van der Waals surface area contributed by atoms with Gasteiger partial charge in [0.05, 0.1) is 15.2 Å². The van der Waals surface area contributed by atoms with Crippen LogP contribution in [0, 0.1) is 5.92 Å². The molecule has 0 aliphatic carbocycles. The fourth-order valence-corrected chi connectivity index (χ4v) is 6.67. The second kappa shape index (κ2) is 8.43. The molecule has 30 heavy (non-hydrogen) atoms. The lowest BCUT2D eigenvalue weighted by atomic mass is 9.97. The number of carbonyl (C=O) groups is 1. The number of sulfonamides is 1. The van der Waals surface area contributed by atoms with Crippen molar-refractivity contribution in [2.45, 2.75) is 17.7 Å². The number of halogens is 2. The summed E-state index contributed by atoms with van der Waals surface area (Å²) in [6.07, 6.45) is 0.872. The molecular formula is C20H19Cl2N3O3S2. The Labute approximate surface area is 189 Å². The minimum Gasteiger partial charge on any atom is -0.291 e. The van der Waals surface area contributed by atoms with Gasteiger partial charge < -0.3 is 0 Å². The molecule has 10 heteroatoms. The molecule has 158 valence electrons. The summed E-state index contributed by atoms with van der Waals surface area (Å²) in [6.45, 7) is 0.491. The summed E-state index contributed by atoms with van der Waals surface area (Å²) >= 11 is 13.5. The Bertz CT molecular complexity index is 1170. The molecule has 1 amide bonds. The number of para-hydroxylation sites is 1. The highest BCUT2D eigenvalue weighted by Gasteiger charge is 2.34. The largest absolute Gasteiger partial charge is 0.291 e. The van der Waals surface area contributed by atoms with Crippen molar-refractivity contribution in [2.75, 3.05) is 25.0 Å². The predicted molar refractivity (Wildman–Crippen MR) is 121 cm³/mol. The van der Waals surface area contributed by atoms with Gasteiger partial charge in [-0.05, 0) is 43.2 Å². The SMILES string of the molecule is CN(C(=O)C1CCN(S(=O)(=O)c2cc(Cl)ccc2Cl)CC1)c1nc2ccccc2s1. The second-order valence-corrected chi connectivity index (χ2v) is 10.9. The lowest BCUT2D eigenvalue weighted by molar-refractivity contribution is -0.123. The van der Waals surface area contributed by atoms with Gasteiger partial charge in [-0.25, -0.2) is 13.4 Å². The first-order valence-corrected chi connectivity index (χ1v) is 12.4. The van der Waals surface area contributed by atoms with Gasteiger partial charge in [-0.3, -0.25) is 9.69 Å². The van der Waals surface area contributed by atoms with Crippen LogP contribution < -0.4 is 4.90 Å². The van der Waals surface area contributed by atoms with E-state index in [0.717, 1.165) is 10.2 Å². The van der Waals surface area contributed by atoms with Crippen LogP contribution in [0.15, 0.2) is 47.4 Å². The van der Waals surface area contributed by atoms with E-state index < -0.39 is 10.0 Å². The summed E-state index contributed by atoms with van der Waals surface area (Å²) < 4.78 is 28.3. The molecule has 1 aliphatic heterocycles. The Hall–Kier alpha value is -1.71. The normalized spacial score (nSPS) is 16.1. The first kappa shape index (κ1) is 21.5. The number of rotatable bonds is 4. The molecule has 0 bridgehead atoms. The molecule has 0 radical (unpaired) electrons. The van der Waals surface area contributed by atoms with Crippen LogP contribution in [0.5, 0.6) is 0 Å². The standard InChI is InChI=1S/C20H19Cl2N3O3S2/c1-24(20-23-16-4-2-3-5-17(16)29-20)19(26)13-8-10-25(11-9-13)30(27,28)18-12-14(21)6-7-15(18)22/h2-7,12-13H,8-11H2,1H3. The molecule has 2 aromatic carbocycles. The van der Waals surface area contributed by atoms with E-state index in [1.807, 2.05) is 24.3 Å². The average molecular weight is 484 g/mol. The van der Waals surface area contributed by atoms with Crippen LogP contribution in [-0.4, -0.2) is 43.8 Å². The number of aromatic nitrogens is 1. The van der Waals surface area contributed by atoms with Crippen LogP contribution in [0.1, 0.15) is 12.8 Å². The van der Waals surface area contributed by atoms with Crippen molar-refractivity contribution in [1.29, 1.82) is 0 Å². The monoisotopic (exact) mass is 483 g/mol. The third-order valence-electron chi connectivity index (χ3n) is 5.21. The van der Waals surface area contributed by atoms with Gasteiger partial charge in [0.1, 0.15) is 4.90 Å². The Kier molecular flexibility index (Phi) is 6.05. The zero-order chi connectivity index (χ0) is 21.5. The van der Waals surface area contributed by atoms with Crippen molar-refractivity contribution >= 4 is 65.8 Å². The van der Waals surface area contributed by atoms with Gasteiger partial charge in [0, 0.05) is 31.1 Å². The lowest BCUT2D eigenvalue weighted by Crippen LogP contribution is -2.43. The van der Waals surface area contributed by atoms with Crippen molar-refractivity contribution in [1.82, 2.24) is 9.29 Å². The number of hydrogen-bond donors (Lipinski definition) is 0. The first-order valence-electron chi connectivity index (χ1n) is 9.36. The Morgan fingerprint density at radius 3 is 2.57 bits per heavy atom. The summed E-state index contributed by atoms with van der Waals surface area (Å²) in [5.74, 6) is -0.310. The summed E-state index contributed by atoms with van der Waals surface area (Å²) in [4.78, 5) is 19.1. The minimum atomic E-state index is -3.77. The van der Waals surface area contributed by atoms with Crippen LogP contribution >= 0.6 is 34.5 Å². The maximum absolute atomic E-state index is 13.0. The van der Waals surface area contributed by atoms with E-state index in [-0.39, 0.29) is 34.8 Å². The number of piperidine rings is 1. The molecule has 3 aromatic rings. The Morgan fingerprint density at radius 1 is 1.17 bits per heavy atom. The molecule has 0 spiro atoms. The van der Waals surface area contributed by atoms with E-state index >= 15 is 0 Å². The molecule has 0 N–H and O–H groups in total. The highest BCUT2D eigenvalue weighted by molar-refractivity contribution is 7.89. The number of benzene rings is 2. The number of carbonyl (C=O) groups excluding carboxylic acids is 1. The first-order chi connectivity index (χ1) is 14.3. The molecule has 1 aromatic heterocycles. The van der Waals surface area contributed by atoms with Gasteiger partial charge in [-0.15, -0.1) is 0 Å². The summed E-state index contributed by atoms with van der Waals surface area (Å²) in [6, 6.07) is 12.1. The molecule has 1 saturated heterocycles. The lowest BCUT2D eigenvalue weighted by Gasteiger charge is -2.32. The predicted octanol–water partition coefficient (Wildman–Crippen LogP) is 4.67. The van der Waals surface area contributed by atoms with Gasteiger partial charge in [0.15, 0.2) is 5.13 Å². The smallest absolute Gasteiger partial charge is 0.244 e. The summed E-state index contributed by atoms with van der Waals surface area (Å²) in [5, 5.41) is 1.08. The molecule has 4 rings (SSSR count). The maximum atomic E-state index is 13.0. The third kappa shape index (κ3) is 4.07. The Morgan fingerprint density at radius 2 is 1.87 bits per heavy atom. The zero-order valence-electron chi connectivity index (χ0n) is 16.1. The number of fused-ring (bicyclic) bond motifs is 1. The molecule has 0 saturated carbocycles. The highest BCUT2D eigenvalue weighted by atomic mass is 35.5. The van der Waals surface area contributed by atoms with Crippen molar-refractivity contribution in [2.24, 2.45) is 5.92 Å². The average Bonchev–Trinajstić information content (AvgIpc) is 3.18. The minimum absolute atomic E-state index is 0.00645. The van der Waals surface area contributed by atoms with E-state index in [9.17, 15) is 13.2 Å². The van der Waals surface area contributed by atoms with Crippen LogP contribution in [-0.2, 0) is 14.8 Å². The topological polar surface area (TPSA) is 70.6 Å².